The van der Waals surface area contributed by atoms with E-state index in [0.717, 1.165) is 16.9 Å². The van der Waals surface area contributed by atoms with Crippen LogP contribution in [0.5, 0.6) is 11.5 Å². The first-order valence-corrected chi connectivity index (χ1v) is 15.1. The molecule has 3 aliphatic carbocycles. The zero-order valence-electron chi connectivity index (χ0n) is 24.5. The monoisotopic (exact) mass is 620 g/mol. The van der Waals surface area contributed by atoms with Crippen LogP contribution in [0.15, 0.2) is 101 Å². The van der Waals surface area contributed by atoms with Gasteiger partial charge in [-0.05, 0) is 85.9 Å². The lowest BCUT2D eigenvalue weighted by Gasteiger charge is -2.42. The number of carbonyl (C=O) groups excluding carboxylic acids is 4. The van der Waals surface area contributed by atoms with Crippen LogP contribution >= 0.6 is 11.6 Å². The van der Waals surface area contributed by atoms with Gasteiger partial charge in [-0.1, -0.05) is 41.4 Å². The highest BCUT2D eigenvalue weighted by Gasteiger charge is 2.56. The smallest absolute Gasteiger partial charge is 0.238 e. The number of phenolic OH excluding ortho intramolecular Hbond substituents is 1. The Morgan fingerprint density at radius 1 is 0.933 bits per heavy atom. The van der Waals surface area contributed by atoms with Crippen molar-refractivity contribution in [3.05, 3.63) is 112 Å². The number of carbonyl (C=O) groups is 4. The summed E-state index contributed by atoms with van der Waals surface area (Å²) in [5, 5.41) is 13.8. The van der Waals surface area contributed by atoms with E-state index in [1.54, 1.807) is 31.2 Å². The Morgan fingerprint density at radius 2 is 1.64 bits per heavy atom. The molecule has 3 aromatic carbocycles. The highest BCUT2D eigenvalue weighted by atomic mass is 35.5. The Labute approximate surface area is 264 Å². The number of phenols is 1. The third-order valence-corrected chi connectivity index (χ3v) is 9.64. The van der Waals surface area contributed by atoms with Crippen LogP contribution in [0.25, 0.3) is 0 Å². The number of nitrogens with one attached hydrogen (secondary N) is 1. The van der Waals surface area contributed by atoms with Crippen molar-refractivity contribution >= 4 is 52.0 Å². The van der Waals surface area contributed by atoms with Crippen molar-refractivity contribution in [2.24, 2.45) is 17.8 Å². The summed E-state index contributed by atoms with van der Waals surface area (Å²) < 4.78 is 5.36. The number of methoxy groups -OCH3 is 1. The van der Waals surface area contributed by atoms with Gasteiger partial charge in [-0.3, -0.25) is 24.1 Å². The maximum Gasteiger partial charge on any atom is 0.238 e. The summed E-state index contributed by atoms with van der Waals surface area (Å²) in [5.41, 5.74) is 4.57. The molecule has 4 aliphatic rings. The van der Waals surface area contributed by atoms with Crippen LogP contribution in [0.1, 0.15) is 31.2 Å². The van der Waals surface area contributed by atoms with Gasteiger partial charge in [0, 0.05) is 34.0 Å². The molecule has 0 spiro atoms. The summed E-state index contributed by atoms with van der Waals surface area (Å²) in [4.78, 5) is 56.3. The van der Waals surface area contributed by atoms with Gasteiger partial charge in [0.15, 0.2) is 23.1 Å². The van der Waals surface area contributed by atoms with E-state index in [2.05, 4.69) is 5.32 Å². The number of hydrogen-bond acceptors (Lipinski definition) is 7. The molecule has 1 fully saturated rings. The van der Waals surface area contributed by atoms with Crippen molar-refractivity contribution in [2.75, 3.05) is 17.3 Å². The number of imide groups is 1. The van der Waals surface area contributed by atoms with Crippen LogP contribution in [0, 0.1) is 17.8 Å². The number of halogens is 1. The number of fused-ring (bicyclic) bond motifs is 3. The Hall–Kier alpha value is -4.95. The second-order valence-corrected chi connectivity index (χ2v) is 12.2. The number of Topliss-reactive ketones (excluding diaryl/α,β-unsaturated/α-hetero) is 1. The van der Waals surface area contributed by atoms with Gasteiger partial charge < -0.3 is 15.2 Å². The summed E-state index contributed by atoms with van der Waals surface area (Å²) in [6, 6.07) is 20.0. The molecule has 1 aliphatic heterocycles. The molecule has 0 saturated carbocycles. The highest BCUT2D eigenvalue weighted by Crippen LogP contribution is 2.56. The number of para-hydroxylation sites is 1. The number of ketones is 2. The largest absolute Gasteiger partial charge is 0.503 e. The Kier molecular flexibility index (Phi) is 6.97. The van der Waals surface area contributed by atoms with Crippen LogP contribution in [-0.2, 0) is 19.2 Å². The molecule has 1 saturated heterocycles. The van der Waals surface area contributed by atoms with Gasteiger partial charge in [-0.2, -0.15) is 0 Å². The topological polar surface area (TPSA) is 113 Å². The molecule has 1 heterocycles. The number of amides is 2. The van der Waals surface area contributed by atoms with E-state index in [0.29, 0.717) is 34.4 Å². The molecule has 8 nitrogen and oxygen atoms in total. The normalized spacial score (nSPS) is 24.1. The summed E-state index contributed by atoms with van der Waals surface area (Å²) in [6.07, 6.45) is 3.77. The maximum absolute atomic E-state index is 14.2. The Morgan fingerprint density at radius 3 is 2.36 bits per heavy atom. The minimum absolute atomic E-state index is 0.0354. The number of hydrogen-bond donors (Lipinski definition) is 2. The van der Waals surface area contributed by atoms with Gasteiger partial charge in [0.2, 0.25) is 11.8 Å². The van der Waals surface area contributed by atoms with E-state index in [4.69, 9.17) is 16.3 Å². The first-order chi connectivity index (χ1) is 21.7. The average molecular weight is 621 g/mol. The van der Waals surface area contributed by atoms with E-state index < -0.39 is 23.7 Å². The molecule has 0 radical (unpaired) electrons. The van der Waals surface area contributed by atoms with Crippen molar-refractivity contribution in [3.63, 3.8) is 0 Å². The molecule has 9 heteroatoms. The third kappa shape index (κ3) is 4.59. The number of benzene rings is 3. The van der Waals surface area contributed by atoms with E-state index in [9.17, 15) is 24.3 Å². The number of anilines is 3. The fourth-order valence-corrected chi connectivity index (χ4v) is 7.51. The predicted octanol–water partition coefficient (Wildman–Crippen LogP) is 6.43. The Bertz CT molecular complexity index is 1890. The van der Waals surface area contributed by atoms with Gasteiger partial charge >= 0.3 is 0 Å². The lowest BCUT2D eigenvalue weighted by atomic mass is 9.59. The molecule has 3 aromatic rings. The van der Waals surface area contributed by atoms with Gasteiger partial charge in [-0.25, -0.2) is 0 Å². The molecule has 0 aromatic heterocycles. The SMILES string of the molecule is COc1cc(C2C3=CCC4C(=O)N(c5ccc(Nc6ccccc6)cc5)C(=O)C4C3CC3=C2C(=O)C(C)=CC3=O)cc(Cl)c1O. The van der Waals surface area contributed by atoms with Crippen LogP contribution in [-0.4, -0.2) is 35.6 Å². The molecule has 2 N–H and O–H groups in total. The molecule has 226 valence electrons. The molecule has 45 heavy (non-hydrogen) atoms. The van der Waals surface area contributed by atoms with Crippen LogP contribution < -0.4 is 15.0 Å². The van der Waals surface area contributed by atoms with Crippen LogP contribution in [0.3, 0.4) is 0 Å². The minimum Gasteiger partial charge on any atom is -0.503 e. The van der Waals surface area contributed by atoms with Crippen molar-refractivity contribution in [1.82, 2.24) is 0 Å². The predicted molar refractivity (Wildman–Crippen MR) is 170 cm³/mol. The maximum atomic E-state index is 14.2. The third-order valence-electron chi connectivity index (χ3n) is 9.36. The number of aromatic hydroxyl groups is 1. The van der Waals surface area contributed by atoms with Crippen LogP contribution in [0.2, 0.25) is 5.02 Å². The first-order valence-electron chi connectivity index (χ1n) is 14.7. The first kappa shape index (κ1) is 28.8. The Balaban J connectivity index is 1.27. The second-order valence-electron chi connectivity index (χ2n) is 11.8. The summed E-state index contributed by atoms with van der Waals surface area (Å²) in [5.74, 6) is -3.74. The minimum atomic E-state index is -0.708. The molecule has 4 atom stereocenters. The van der Waals surface area contributed by atoms with Crippen molar-refractivity contribution < 1.29 is 29.0 Å². The van der Waals surface area contributed by atoms with Crippen molar-refractivity contribution in [1.29, 1.82) is 0 Å². The van der Waals surface area contributed by atoms with E-state index in [1.807, 2.05) is 48.5 Å². The number of allylic oxidation sites excluding steroid dienone is 6. The highest BCUT2D eigenvalue weighted by molar-refractivity contribution is 6.32. The van der Waals surface area contributed by atoms with Gasteiger partial charge in [0.25, 0.3) is 0 Å². The van der Waals surface area contributed by atoms with Gasteiger partial charge in [0.1, 0.15) is 0 Å². The standard InChI is InChI=1S/C36H29ClN2O6/c1-18-14-28(40)26-17-25-23(30(32(26)33(18)41)19-15-27(37)34(42)29(16-19)45-2)12-13-24-31(25)36(44)39(35(24)43)22-10-8-21(9-11-22)38-20-6-4-3-5-7-20/h3-12,14-16,24-25,30-31,38,42H,13,17H2,1-2H3. The number of ether oxygens (including phenoxy) is 1. The van der Waals surface area contributed by atoms with Gasteiger partial charge in [-0.15, -0.1) is 0 Å². The second kappa shape index (κ2) is 10.9. The number of nitrogens with zero attached hydrogens (tertiary/aromatic N) is 1. The summed E-state index contributed by atoms with van der Waals surface area (Å²) in [6.45, 7) is 1.61. The quantitative estimate of drug-likeness (QED) is 0.192. The fraction of sp³-hybridized carbons (Fsp3) is 0.222. The van der Waals surface area contributed by atoms with E-state index in [1.165, 1.54) is 18.1 Å². The molecule has 2 amide bonds. The van der Waals surface area contributed by atoms with Crippen LogP contribution in [0.4, 0.5) is 17.1 Å². The van der Waals surface area contributed by atoms with E-state index in [-0.39, 0.29) is 46.3 Å². The van der Waals surface area contributed by atoms with Crippen molar-refractivity contribution in [3.8, 4) is 11.5 Å². The lowest BCUT2D eigenvalue weighted by molar-refractivity contribution is -0.123. The summed E-state index contributed by atoms with van der Waals surface area (Å²) >= 11 is 6.40. The molecule has 7 rings (SSSR count). The van der Waals surface area contributed by atoms with Crippen molar-refractivity contribution in [2.45, 2.75) is 25.7 Å². The number of rotatable bonds is 5. The zero-order chi connectivity index (χ0) is 31.6. The molecule has 0 bridgehead atoms. The molecular weight excluding hydrogens is 592 g/mol. The zero-order valence-corrected chi connectivity index (χ0v) is 25.3. The fourth-order valence-electron chi connectivity index (χ4n) is 7.29. The summed E-state index contributed by atoms with van der Waals surface area (Å²) in [7, 11) is 1.40. The molecular formula is C36H29ClN2O6. The lowest BCUT2D eigenvalue weighted by Crippen LogP contribution is -2.39. The van der Waals surface area contributed by atoms with E-state index >= 15 is 0 Å². The average Bonchev–Trinajstić information content (AvgIpc) is 3.30. The van der Waals surface area contributed by atoms with Gasteiger partial charge in [0.05, 0.1) is 29.7 Å². The molecule has 4 unspecified atom stereocenters.